The number of aldehydes is 1. The van der Waals surface area contributed by atoms with Gasteiger partial charge in [0.2, 0.25) is 0 Å². The Balaban J connectivity index is 2.12. The van der Waals surface area contributed by atoms with Crippen LogP contribution >= 0.6 is 0 Å². The summed E-state index contributed by atoms with van der Waals surface area (Å²) in [6.45, 7) is 0.375. The summed E-state index contributed by atoms with van der Waals surface area (Å²) >= 11 is 0. The molecule has 2 saturated heterocycles. The molecule has 0 aliphatic carbocycles. The van der Waals surface area contributed by atoms with E-state index in [9.17, 15) is 9.59 Å². The van der Waals surface area contributed by atoms with Crippen molar-refractivity contribution >= 4 is 12.3 Å². The Morgan fingerprint density at radius 1 is 1.55 bits per heavy atom. The first kappa shape index (κ1) is 6.79. The van der Waals surface area contributed by atoms with Crippen molar-refractivity contribution in [2.45, 2.75) is 18.6 Å². The highest BCUT2D eigenvalue weighted by molar-refractivity contribution is 5.74. The lowest BCUT2D eigenvalue weighted by Crippen LogP contribution is -2.20. The molecule has 2 rings (SSSR count). The molecule has 2 aliphatic heterocycles. The molecule has 4 heteroatoms. The molecule has 0 radical (unpaired) electrons. The van der Waals surface area contributed by atoms with Gasteiger partial charge in [-0.2, -0.15) is 0 Å². The van der Waals surface area contributed by atoms with Crippen molar-refractivity contribution in [2.75, 3.05) is 6.61 Å². The predicted molar refractivity (Wildman–Crippen MR) is 33.8 cm³/mol. The number of carbonyl (C=O) groups excluding carboxylic acids is 2. The second-order valence-corrected chi connectivity index (χ2v) is 2.83. The van der Waals surface area contributed by atoms with Gasteiger partial charge in [-0.05, 0) is 0 Å². The molecule has 2 fully saturated rings. The van der Waals surface area contributed by atoms with Crippen LogP contribution in [0.1, 0.15) is 6.42 Å². The van der Waals surface area contributed by atoms with E-state index in [0.717, 1.165) is 6.29 Å². The van der Waals surface area contributed by atoms with E-state index in [1.54, 1.807) is 0 Å². The zero-order valence-electron chi connectivity index (χ0n) is 5.86. The van der Waals surface area contributed by atoms with Gasteiger partial charge in [0, 0.05) is 5.92 Å². The van der Waals surface area contributed by atoms with E-state index >= 15 is 0 Å². The molecule has 0 aromatic heterocycles. The monoisotopic (exact) mass is 156 g/mol. The first-order valence-corrected chi connectivity index (χ1v) is 3.57. The Bertz CT molecular complexity index is 201. The number of hydrogen-bond acceptors (Lipinski definition) is 4. The molecule has 2 heterocycles. The van der Waals surface area contributed by atoms with Crippen molar-refractivity contribution in [2.24, 2.45) is 5.92 Å². The molecule has 0 aromatic carbocycles. The van der Waals surface area contributed by atoms with Crippen LogP contribution in [-0.2, 0) is 19.1 Å². The molecular weight excluding hydrogens is 148 g/mol. The van der Waals surface area contributed by atoms with Gasteiger partial charge in [0.1, 0.15) is 18.5 Å². The summed E-state index contributed by atoms with van der Waals surface area (Å²) in [5, 5.41) is 0. The minimum atomic E-state index is -0.425. The zero-order valence-corrected chi connectivity index (χ0v) is 5.86. The number of rotatable bonds is 1. The SMILES string of the molecule is O=C[C@H]1OC[C@@H]2OC(=O)C[C@H]21. The van der Waals surface area contributed by atoms with E-state index in [2.05, 4.69) is 0 Å². The van der Waals surface area contributed by atoms with E-state index in [-0.39, 0.29) is 18.0 Å². The standard InChI is InChI=1S/C7H8O4/c8-2-5-4-1-7(9)11-6(4)3-10-5/h2,4-6H,1,3H2/t4-,5+,6-/m0/s1. The lowest BCUT2D eigenvalue weighted by molar-refractivity contribution is -0.142. The molecule has 0 bridgehead atoms. The molecule has 0 unspecified atom stereocenters. The summed E-state index contributed by atoms with van der Waals surface area (Å²) in [5.41, 5.74) is 0. The normalized spacial score (nSPS) is 41.8. The average Bonchev–Trinajstić information content (AvgIpc) is 2.45. The van der Waals surface area contributed by atoms with Gasteiger partial charge in [0.25, 0.3) is 0 Å². The van der Waals surface area contributed by atoms with Crippen molar-refractivity contribution in [3.05, 3.63) is 0 Å². The summed E-state index contributed by atoms with van der Waals surface area (Å²) < 4.78 is 9.97. The van der Waals surface area contributed by atoms with Crippen LogP contribution in [0.4, 0.5) is 0 Å². The maximum Gasteiger partial charge on any atom is 0.306 e. The van der Waals surface area contributed by atoms with Crippen molar-refractivity contribution < 1.29 is 19.1 Å². The molecule has 2 aliphatic rings. The molecule has 60 valence electrons. The van der Waals surface area contributed by atoms with Crippen LogP contribution in [0.25, 0.3) is 0 Å². The second kappa shape index (κ2) is 2.30. The third-order valence-electron chi connectivity index (χ3n) is 2.17. The number of esters is 1. The quantitative estimate of drug-likeness (QED) is 0.380. The lowest BCUT2D eigenvalue weighted by Gasteiger charge is -2.05. The Kier molecular flexibility index (Phi) is 1.42. The number of hydrogen-bond donors (Lipinski definition) is 0. The zero-order chi connectivity index (χ0) is 7.84. The minimum Gasteiger partial charge on any atom is -0.459 e. The molecule has 0 amide bonds. The van der Waals surface area contributed by atoms with Crippen molar-refractivity contribution in [3.63, 3.8) is 0 Å². The van der Waals surface area contributed by atoms with Gasteiger partial charge >= 0.3 is 5.97 Å². The third kappa shape index (κ3) is 0.939. The summed E-state index contributed by atoms with van der Waals surface area (Å²) in [6, 6.07) is 0. The van der Waals surface area contributed by atoms with Crippen LogP contribution in [0.15, 0.2) is 0 Å². The number of ether oxygens (including phenoxy) is 2. The fraction of sp³-hybridized carbons (Fsp3) is 0.714. The first-order valence-electron chi connectivity index (χ1n) is 3.57. The van der Waals surface area contributed by atoms with Crippen LogP contribution < -0.4 is 0 Å². The number of fused-ring (bicyclic) bond motifs is 1. The maximum atomic E-state index is 10.7. The Morgan fingerprint density at radius 2 is 2.36 bits per heavy atom. The molecule has 0 aromatic rings. The third-order valence-corrected chi connectivity index (χ3v) is 2.17. The van der Waals surface area contributed by atoms with E-state index in [0.29, 0.717) is 13.0 Å². The van der Waals surface area contributed by atoms with Gasteiger partial charge in [-0.25, -0.2) is 0 Å². The fourth-order valence-corrected chi connectivity index (χ4v) is 1.58. The lowest BCUT2D eigenvalue weighted by atomic mass is 9.99. The maximum absolute atomic E-state index is 10.7. The highest BCUT2D eigenvalue weighted by atomic mass is 16.6. The highest BCUT2D eigenvalue weighted by Gasteiger charge is 2.45. The first-order chi connectivity index (χ1) is 5.31. The molecule has 0 N–H and O–H groups in total. The summed E-state index contributed by atoms with van der Waals surface area (Å²) in [7, 11) is 0. The van der Waals surface area contributed by atoms with Gasteiger partial charge in [-0.3, -0.25) is 4.79 Å². The van der Waals surface area contributed by atoms with E-state index in [4.69, 9.17) is 9.47 Å². The van der Waals surface area contributed by atoms with Crippen LogP contribution in [-0.4, -0.2) is 31.1 Å². The topological polar surface area (TPSA) is 52.6 Å². The molecular formula is C7H8O4. The van der Waals surface area contributed by atoms with Crippen LogP contribution in [0, 0.1) is 5.92 Å². The van der Waals surface area contributed by atoms with E-state index in [1.807, 2.05) is 0 Å². The average molecular weight is 156 g/mol. The van der Waals surface area contributed by atoms with Gasteiger partial charge in [-0.15, -0.1) is 0 Å². The smallest absolute Gasteiger partial charge is 0.306 e. The predicted octanol–water partition coefficient (Wildman–Crippen LogP) is -0.484. The Morgan fingerprint density at radius 3 is 3.09 bits per heavy atom. The van der Waals surface area contributed by atoms with Crippen molar-refractivity contribution in [3.8, 4) is 0 Å². The summed E-state index contributed by atoms with van der Waals surface area (Å²) in [6.07, 6.45) is 0.477. The molecule has 0 spiro atoms. The van der Waals surface area contributed by atoms with Gasteiger partial charge in [-0.1, -0.05) is 0 Å². The van der Waals surface area contributed by atoms with Crippen molar-refractivity contribution in [1.82, 2.24) is 0 Å². The molecule has 4 nitrogen and oxygen atoms in total. The molecule has 0 saturated carbocycles. The van der Waals surface area contributed by atoms with Crippen molar-refractivity contribution in [1.29, 1.82) is 0 Å². The van der Waals surface area contributed by atoms with Crippen LogP contribution in [0.3, 0.4) is 0 Å². The highest BCUT2D eigenvalue weighted by Crippen LogP contribution is 2.31. The van der Waals surface area contributed by atoms with Gasteiger partial charge in [0.05, 0.1) is 13.0 Å². The minimum absolute atomic E-state index is 0.0278. The van der Waals surface area contributed by atoms with E-state index in [1.165, 1.54) is 0 Å². The Labute approximate surface area is 63.5 Å². The molecule has 11 heavy (non-hydrogen) atoms. The van der Waals surface area contributed by atoms with E-state index < -0.39 is 6.10 Å². The van der Waals surface area contributed by atoms with Gasteiger partial charge in [0.15, 0.2) is 0 Å². The fourth-order valence-electron chi connectivity index (χ4n) is 1.58. The Hall–Kier alpha value is -0.900. The summed E-state index contributed by atoms with van der Waals surface area (Å²) in [4.78, 5) is 21.1. The number of carbonyl (C=O) groups is 2. The summed E-state index contributed by atoms with van der Waals surface area (Å²) in [5.74, 6) is -0.241. The van der Waals surface area contributed by atoms with Crippen LogP contribution in [0.5, 0.6) is 0 Å². The second-order valence-electron chi connectivity index (χ2n) is 2.83. The largest absolute Gasteiger partial charge is 0.459 e. The molecule has 3 atom stereocenters. The van der Waals surface area contributed by atoms with Gasteiger partial charge < -0.3 is 14.3 Å². The van der Waals surface area contributed by atoms with Crippen LogP contribution in [0.2, 0.25) is 0 Å².